The van der Waals surface area contributed by atoms with Crippen molar-refractivity contribution in [2.24, 2.45) is 0 Å². The minimum absolute atomic E-state index is 0.0624. The molecule has 2 rings (SSSR count). The first kappa shape index (κ1) is 15.4. The van der Waals surface area contributed by atoms with Gasteiger partial charge in [0.2, 0.25) is 0 Å². The van der Waals surface area contributed by atoms with Crippen molar-refractivity contribution in [1.82, 2.24) is 4.98 Å². The highest BCUT2D eigenvalue weighted by Crippen LogP contribution is 2.20. The molecule has 112 valence electrons. The molecule has 0 saturated carbocycles. The average Bonchev–Trinajstić information content (AvgIpc) is 2.45. The number of carbonyl (C=O) groups is 1. The minimum atomic E-state index is -3.17. The van der Waals surface area contributed by atoms with Gasteiger partial charge in [-0.3, -0.25) is 4.79 Å². The summed E-state index contributed by atoms with van der Waals surface area (Å²) in [4.78, 5) is 16.4. The Labute approximate surface area is 124 Å². The Bertz CT molecular complexity index is 770. The average molecular weight is 306 g/mol. The second-order valence-electron chi connectivity index (χ2n) is 4.94. The number of anilines is 1. The lowest BCUT2D eigenvalue weighted by Gasteiger charge is -2.06. The molecule has 0 bridgehead atoms. The Hall–Kier alpha value is -1.95. The standard InChI is InChI=1S/C15H18N2O3S/c1-2-8-21(19,20)9-7-15(18)14-10-12(16)11-5-3-4-6-13(11)17-14/h3-6,10H,2,7-9H2,1H3,(H2,16,17). The quantitative estimate of drug-likeness (QED) is 0.826. The number of carbonyl (C=O) groups excluding carboxylic acids is 1. The van der Waals surface area contributed by atoms with E-state index in [1.807, 2.05) is 18.2 Å². The van der Waals surface area contributed by atoms with Crippen molar-refractivity contribution >= 4 is 32.2 Å². The van der Waals surface area contributed by atoms with Crippen molar-refractivity contribution in [3.63, 3.8) is 0 Å². The van der Waals surface area contributed by atoms with Crippen molar-refractivity contribution in [3.8, 4) is 0 Å². The normalized spacial score (nSPS) is 11.7. The third-order valence-corrected chi connectivity index (χ3v) is 5.05. The van der Waals surface area contributed by atoms with E-state index < -0.39 is 9.84 Å². The number of ketones is 1. The second kappa shape index (κ2) is 6.22. The van der Waals surface area contributed by atoms with Gasteiger partial charge in [-0.05, 0) is 18.6 Å². The van der Waals surface area contributed by atoms with E-state index in [1.54, 1.807) is 13.0 Å². The number of fused-ring (bicyclic) bond motifs is 1. The molecule has 0 radical (unpaired) electrons. The molecular weight excluding hydrogens is 288 g/mol. The van der Waals surface area contributed by atoms with Gasteiger partial charge in [0.05, 0.1) is 11.3 Å². The van der Waals surface area contributed by atoms with Gasteiger partial charge in [-0.15, -0.1) is 0 Å². The summed E-state index contributed by atoms with van der Waals surface area (Å²) in [7, 11) is -3.17. The number of nitrogens with two attached hydrogens (primary N) is 1. The van der Waals surface area contributed by atoms with E-state index in [0.717, 1.165) is 5.39 Å². The smallest absolute Gasteiger partial charge is 0.182 e. The lowest BCUT2D eigenvalue weighted by Crippen LogP contribution is -2.15. The van der Waals surface area contributed by atoms with Crippen molar-refractivity contribution < 1.29 is 13.2 Å². The molecule has 0 saturated heterocycles. The zero-order valence-corrected chi connectivity index (χ0v) is 12.7. The Morgan fingerprint density at radius 1 is 1.24 bits per heavy atom. The van der Waals surface area contributed by atoms with Crippen molar-refractivity contribution in [1.29, 1.82) is 0 Å². The van der Waals surface area contributed by atoms with Crippen LogP contribution in [0.1, 0.15) is 30.3 Å². The summed E-state index contributed by atoms with van der Waals surface area (Å²) in [6.45, 7) is 1.80. The first-order valence-electron chi connectivity index (χ1n) is 6.82. The number of benzene rings is 1. The predicted molar refractivity (Wildman–Crippen MR) is 84.0 cm³/mol. The Kier molecular flexibility index (Phi) is 4.57. The minimum Gasteiger partial charge on any atom is -0.398 e. The highest BCUT2D eigenvalue weighted by atomic mass is 32.2. The zero-order chi connectivity index (χ0) is 15.5. The molecule has 2 aromatic rings. The summed E-state index contributed by atoms with van der Waals surface area (Å²) in [5.41, 5.74) is 7.24. The number of Topliss-reactive ketones (excluding diaryl/α,β-unsaturated/α-hetero) is 1. The molecule has 0 amide bonds. The predicted octanol–water partition coefficient (Wildman–Crippen LogP) is 2.21. The Morgan fingerprint density at radius 3 is 2.67 bits per heavy atom. The van der Waals surface area contributed by atoms with Crippen LogP contribution in [0.25, 0.3) is 10.9 Å². The molecule has 0 atom stereocenters. The summed E-state index contributed by atoms with van der Waals surface area (Å²) in [6, 6.07) is 8.78. The molecular formula is C15H18N2O3S. The summed E-state index contributed by atoms with van der Waals surface area (Å²) in [5, 5.41) is 0.785. The van der Waals surface area contributed by atoms with Gasteiger partial charge in [-0.2, -0.15) is 0 Å². The number of pyridine rings is 1. The molecule has 0 aliphatic carbocycles. The van der Waals surface area contributed by atoms with Crippen LogP contribution in [0.2, 0.25) is 0 Å². The fourth-order valence-corrected chi connectivity index (χ4v) is 3.46. The number of nitrogen functional groups attached to an aromatic ring is 1. The molecule has 0 unspecified atom stereocenters. The van der Waals surface area contributed by atoms with Crippen LogP contribution in [0, 0.1) is 0 Å². The number of hydrogen-bond donors (Lipinski definition) is 1. The van der Waals surface area contributed by atoms with Gasteiger partial charge >= 0.3 is 0 Å². The molecule has 1 aromatic carbocycles. The van der Waals surface area contributed by atoms with Gasteiger partial charge in [0.25, 0.3) is 0 Å². The van der Waals surface area contributed by atoms with Gasteiger partial charge in [0.15, 0.2) is 15.6 Å². The summed E-state index contributed by atoms with van der Waals surface area (Å²) < 4.78 is 23.3. The highest BCUT2D eigenvalue weighted by Gasteiger charge is 2.16. The van der Waals surface area contributed by atoms with Gasteiger partial charge < -0.3 is 5.73 Å². The van der Waals surface area contributed by atoms with Crippen molar-refractivity contribution in [2.75, 3.05) is 17.2 Å². The molecule has 1 aromatic heterocycles. The number of sulfone groups is 1. The molecule has 0 spiro atoms. The third kappa shape index (κ3) is 3.78. The molecule has 2 N–H and O–H groups in total. The monoisotopic (exact) mass is 306 g/mol. The number of rotatable bonds is 6. The fourth-order valence-electron chi connectivity index (χ4n) is 2.13. The van der Waals surface area contributed by atoms with Crippen LogP contribution in [0.15, 0.2) is 30.3 Å². The van der Waals surface area contributed by atoms with Crippen LogP contribution in [0.3, 0.4) is 0 Å². The van der Waals surface area contributed by atoms with E-state index >= 15 is 0 Å². The Balaban J connectivity index is 2.20. The van der Waals surface area contributed by atoms with E-state index in [-0.39, 0.29) is 29.4 Å². The topological polar surface area (TPSA) is 90.1 Å². The van der Waals surface area contributed by atoms with Gasteiger partial charge in [0.1, 0.15) is 5.69 Å². The van der Waals surface area contributed by atoms with E-state index in [0.29, 0.717) is 17.6 Å². The molecule has 1 heterocycles. The van der Waals surface area contributed by atoms with Crippen LogP contribution >= 0.6 is 0 Å². The third-order valence-electron chi connectivity index (χ3n) is 3.19. The first-order chi connectivity index (χ1) is 9.93. The Morgan fingerprint density at radius 2 is 1.95 bits per heavy atom. The second-order valence-corrected chi connectivity index (χ2v) is 7.24. The number of nitrogens with zero attached hydrogens (tertiary/aromatic N) is 1. The fraction of sp³-hybridized carbons (Fsp3) is 0.333. The van der Waals surface area contributed by atoms with Crippen molar-refractivity contribution in [3.05, 3.63) is 36.0 Å². The maximum atomic E-state index is 12.1. The maximum Gasteiger partial charge on any atom is 0.182 e. The van der Waals surface area contributed by atoms with Gasteiger partial charge in [-0.1, -0.05) is 25.1 Å². The molecule has 21 heavy (non-hydrogen) atoms. The van der Waals surface area contributed by atoms with Crippen LogP contribution in [-0.4, -0.2) is 30.7 Å². The zero-order valence-electron chi connectivity index (χ0n) is 11.9. The molecule has 0 aliphatic heterocycles. The van der Waals surface area contributed by atoms with Crippen LogP contribution in [0.5, 0.6) is 0 Å². The lowest BCUT2D eigenvalue weighted by molar-refractivity contribution is 0.0984. The van der Waals surface area contributed by atoms with Gasteiger partial charge in [0, 0.05) is 23.2 Å². The molecule has 5 nitrogen and oxygen atoms in total. The summed E-state index contributed by atoms with van der Waals surface area (Å²) in [6.07, 6.45) is 0.491. The van der Waals surface area contributed by atoms with Crippen molar-refractivity contribution in [2.45, 2.75) is 19.8 Å². The number of aromatic nitrogens is 1. The lowest BCUT2D eigenvalue weighted by atomic mass is 10.1. The summed E-state index contributed by atoms with van der Waals surface area (Å²) in [5.74, 6) is -0.339. The van der Waals surface area contributed by atoms with Crippen LogP contribution in [0.4, 0.5) is 5.69 Å². The highest BCUT2D eigenvalue weighted by molar-refractivity contribution is 7.91. The largest absolute Gasteiger partial charge is 0.398 e. The maximum absolute atomic E-state index is 12.1. The van der Waals surface area contributed by atoms with E-state index in [9.17, 15) is 13.2 Å². The van der Waals surface area contributed by atoms with E-state index in [1.165, 1.54) is 6.07 Å². The molecule has 0 fully saturated rings. The number of hydrogen-bond acceptors (Lipinski definition) is 5. The number of para-hydroxylation sites is 1. The summed E-state index contributed by atoms with van der Waals surface area (Å²) >= 11 is 0. The van der Waals surface area contributed by atoms with Crippen LogP contribution in [-0.2, 0) is 9.84 Å². The first-order valence-corrected chi connectivity index (χ1v) is 8.64. The van der Waals surface area contributed by atoms with Gasteiger partial charge in [-0.25, -0.2) is 13.4 Å². The molecule has 6 heteroatoms. The van der Waals surface area contributed by atoms with E-state index in [4.69, 9.17) is 5.73 Å². The van der Waals surface area contributed by atoms with Crippen LogP contribution < -0.4 is 5.73 Å². The SMILES string of the molecule is CCCS(=O)(=O)CCC(=O)c1cc(N)c2ccccc2n1. The van der Waals surface area contributed by atoms with E-state index in [2.05, 4.69) is 4.98 Å². The molecule has 0 aliphatic rings.